The summed E-state index contributed by atoms with van der Waals surface area (Å²) in [6, 6.07) is 18.0. The Hall–Kier alpha value is -3.56. The minimum absolute atomic E-state index is 0.177. The SMILES string of the molecule is CCC(C)[C@@H]1N=C(c2ccccc2)c2cc(Cl)ccc2N(CC(=O)NS(=O)(=O)c2ccccc2F)C1=O. The molecule has 2 atom stereocenters. The number of carbonyl (C=O) groups is 2. The van der Waals surface area contributed by atoms with Crippen LogP contribution in [0.5, 0.6) is 0 Å². The summed E-state index contributed by atoms with van der Waals surface area (Å²) in [5, 5.41) is 0.406. The molecule has 0 fully saturated rings. The number of fused-ring (bicyclic) bond motifs is 1. The maximum atomic E-state index is 14.1. The van der Waals surface area contributed by atoms with Gasteiger partial charge in [-0.25, -0.2) is 17.5 Å². The number of carbonyl (C=O) groups excluding carboxylic acids is 2. The van der Waals surface area contributed by atoms with Crippen molar-refractivity contribution < 1.29 is 22.4 Å². The molecule has 7 nitrogen and oxygen atoms in total. The molecule has 1 N–H and O–H groups in total. The summed E-state index contributed by atoms with van der Waals surface area (Å²) in [4.78, 5) is 32.2. The molecular formula is C27H25ClFN3O4S. The van der Waals surface area contributed by atoms with Crippen LogP contribution in [0, 0.1) is 11.7 Å². The van der Waals surface area contributed by atoms with Crippen molar-refractivity contribution in [2.45, 2.75) is 31.2 Å². The van der Waals surface area contributed by atoms with Crippen molar-refractivity contribution in [3.63, 3.8) is 0 Å². The van der Waals surface area contributed by atoms with Gasteiger partial charge in [-0.1, -0.05) is 74.3 Å². The summed E-state index contributed by atoms with van der Waals surface area (Å²) in [7, 11) is -4.50. The van der Waals surface area contributed by atoms with E-state index in [2.05, 4.69) is 0 Å². The van der Waals surface area contributed by atoms with Gasteiger partial charge in [-0.3, -0.25) is 14.6 Å². The Morgan fingerprint density at radius 3 is 2.46 bits per heavy atom. The molecule has 0 radical (unpaired) electrons. The number of anilines is 1. The van der Waals surface area contributed by atoms with Gasteiger partial charge in [0.2, 0.25) is 0 Å². The molecule has 1 unspecified atom stereocenters. The second-order valence-corrected chi connectivity index (χ2v) is 10.8. The van der Waals surface area contributed by atoms with Crippen LogP contribution in [0.15, 0.2) is 82.7 Å². The number of hydrogen-bond donors (Lipinski definition) is 1. The van der Waals surface area contributed by atoms with Gasteiger partial charge in [0.05, 0.1) is 11.4 Å². The van der Waals surface area contributed by atoms with Crippen LogP contribution in [0.1, 0.15) is 31.4 Å². The molecule has 37 heavy (non-hydrogen) atoms. The van der Waals surface area contributed by atoms with Crippen LogP contribution in [0.3, 0.4) is 0 Å². The van der Waals surface area contributed by atoms with E-state index in [-0.39, 0.29) is 5.92 Å². The largest absolute Gasteiger partial charge is 0.300 e. The second kappa shape index (κ2) is 10.8. The van der Waals surface area contributed by atoms with E-state index in [0.717, 1.165) is 17.7 Å². The Kier molecular flexibility index (Phi) is 7.75. The highest BCUT2D eigenvalue weighted by molar-refractivity contribution is 7.90. The van der Waals surface area contributed by atoms with Crippen molar-refractivity contribution in [3.05, 3.63) is 94.8 Å². The number of hydrogen-bond acceptors (Lipinski definition) is 5. The van der Waals surface area contributed by atoms with Gasteiger partial charge in [0.15, 0.2) is 0 Å². The van der Waals surface area contributed by atoms with Crippen LogP contribution in [-0.2, 0) is 19.6 Å². The molecule has 3 aromatic rings. The zero-order valence-electron chi connectivity index (χ0n) is 20.2. The lowest BCUT2D eigenvalue weighted by atomic mass is 9.98. The molecule has 0 bridgehead atoms. The zero-order chi connectivity index (χ0) is 26.7. The molecule has 4 rings (SSSR count). The molecule has 192 valence electrons. The van der Waals surface area contributed by atoms with Crippen LogP contribution in [0.4, 0.5) is 10.1 Å². The fraction of sp³-hybridized carbons (Fsp3) is 0.222. The van der Waals surface area contributed by atoms with Crippen LogP contribution < -0.4 is 9.62 Å². The topological polar surface area (TPSA) is 95.9 Å². The molecule has 0 saturated carbocycles. The highest BCUT2D eigenvalue weighted by Gasteiger charge is 2.36. The van der Waals surface area contributed by atoms with Gasteiger partial charge in [-0.05, 0) is 36.2 Å². The average molecular weight is 542 g/mol. The number of nitrogens with zero attached hydrogens (tertiary/aromatic N) is 2. The minimum Gasteiger partial charge on any atom is -0.300 e. The Morgan fingerprint density at radius 2 is 1.78 bits per heavy atom. The molecule has 1 heterocycles. The van der Waals surface area contributed by atoms with Crippen molar-refractivity contribution in [2.24, 2.45) is 10.9 Å². The van der Waals surface area contributed by atoms with Crippen LogP contribution in [-0.4, -0.2) is 38.5 Å². The van der Waals surface area contributed by atoms with E-state index in [4.69, 9.17) is 16.6 Å². The number of benzene rings is 3. The summed E-state index contributed by atoms with van der Waals surface area (Å²) in [6.07, 6.45) is 0.640. The van der Waals surface area contributed by atoms with E-state index in [0.29, 0.717) is 28.4 Å². The number of halogens is 2. The summed E-state index contributed by atoms with van der Waals surface area (Å²) in [6.45, 7) is 3.20. The molecule has 0 aliphatic carbocycles. The first-order valence-corrected chi connectivity index (χ1v) is 13.5. The van der Waals surface area contributed by atoms with Gasteiger partial charge < -0.3 is 4.90 Å². The molecule has 3 aromatic carbocycles. The highest BCUT2D eigenvalue weighted by Crippen LogP contribution is 2.33. The van der Waals surface area contributed by atoms with Crippen LogP contribution >= 0.6 is 11.6 Å². The Balaban J connectivity index is 1.77. The van der Waals surface area contributed by atoms with Gasteiger partial charge >= 0.3 is 0 Å². The summed E-state index contributed by atoms with van der Waals surface area (Å²) in [5.74, 6) is -2.62. The lowest BCUT2D eigenvalue weighted by Crippen LogP contribution is -2.47. The first-order valence-electron chi connectivity index (χ1n) is 11.7. The first-order chi connectivity index (χ1) is 17.6. The zero-order valence-corrected chi connectivity index (χ0v) is 21.8. The standard InChI is InChI=1S/C27H25ClFN3O4S/c1-3-17(2)25-27(34)32(16-24(33)31-37(35,36)23-12-8-7-11-21(23)29)22-14-13-19(28)15-20(22)26(30-25)18-9-5-4-6-10-18/h4-15,17,25H,3,16H2,1-2H3,(H,31,33)/t17?,25-/m0/s1. The molecule has 2 amide bonds. The van der Waals surface area contributed by atoms with Crippen LogP contribution in [0.25, 0.3) is 0 Å². The normalized spacial score (nSPS) is 16.4. The lowest BCUT2D eigenvalue weighted by Gasteiger charge is -2.26. The van der Waals surface area contributed by atoms with Crippen molar-refractivity contribution in [3.8, 4) is 0 Å². The summed E-state index contributed by atoms with van der Waals surface area (Å²) < 4.78 is 41.4. The maximum Gasteiger partial charge on any atom is 0.267 e. The van der Waals surface area contributed by atoms with Crippen molar-refractivity contribution in [2.75, 3.05) is 11.4 Å². The Labute approximate surface area is 220 Å². The van der Waals surface area contributed by atoms with Gasteiger partial charge in [0, 0.05) is 16.1 Å². The highest BCUT2D eigenvalue weighted by atomic mass is 35.5. The average Bonchev–Trinajstić information content (AvgIpc) is 2.98. The summed E-state index contributed by atoms with van der Waals surface area (Å²) in [5.41, 5.74) is 2.20. The van der Waals surface area contributed by atoms with E-state index in [1.54, 1.807) is 18.2 Å². The summed E-state index contributed by atoms with van der Waals surface area (Å²) >= 11 is 6.32. The number of benzodiazepines with no additional fused rings is 1. The minimum atomic E-state index is -4.50. The second-order valence-electron chi connectivity index (χ2n) is 8.72. The molecule has 0 spiro atoms. The molecule has 0 aromatic heterocycles. The third-order valence-electron chi connectivity index (χ3n) is 6.20. The van der Waals surface area contributed by atoms with E-state index >= 15 is 0 Å². The number of nitrogens with one attached hydrogen (secondary N) is 1. The number of rotatable bonds is 7. The molecule has 10 heteroatoms. The van der Waals surface area contributed by atoms with E-state index in [1.165, 1.54) is 17.0 Å². The van der Waals surface area contributed by atoms with Crippen molar-refractivity contribution >= 4 is 44.8 Å². The first kappa shape index (κ1) is 26.5. The fourth-order valence-electron chi connectivity index (χ4n) is 4.10. The fourth-order valence-corrected chi connectivity index (χ4v) is 5.33. The smallest absolute Gasteiger partial charge is 0.267 e. The molecule has 1 aliphatic rings. The predicted molar refractivity (Wildman–Crippen MR) is 141 cm³/mol. The van der Waals surface area contributed by atoms with Gasteiger partial charge in [-0.2, -0.15) is 0 Å². The van der Waals surface area contributed by atoms with E-state index < -0.39 is 45.1 Å². The third kappa shape index (κ3) is 5.57. The van der Waals surface area contributed by atoms with Crippen molar-refractivity contribution in [1.82, 2.24) is 4.72 Å². The van der Waals surface area contributed by atoms with Gasteiger partial charge in [0.1, 0.15) is 23.3 Å². The maximum absolute atomic E-state index is 14.1. The van der Waals surface area contributed by atoms with E-state index in [1.807, 2.05) is 48.9 Å². The van der Waals surface area contributed by atoms with E-state index in [9.17, 15) is 22.4 Å². The van der Waals surface area contributed by atoms with Gasteiger partial charge in [-0.15, -0.1) is 0 Å². The van der Waals surface area contributed by atoms with Crippen molar-refractivity contribution in [1.29, 1.82) is 0 Å². The quantitative estimate of drug-likeness (QED) is 0.473. The third-order valence-corrected chi connectivity index (χ3v) is 7.84. The molecular weight excluding hydrogens is 517 g/mol. The predicted octanol–water partition coefficient (Wildman–Crippen LogP) is 4.58. The molecule has 1 aliphatic heterocycles. The van der Waals surface area contributed by atoms with Crippen LogP contribution in [0.2, 0.25) is 5.02 Å². The molecule has 0 saturated heterocycles. The Bertz CT molecular complexity index is 1480. The number of amides is 2. The van der Waals surface area contributed by atoms with Gasteiger partial charge in [0.25, 0.3) is 21.8 Å². The monoisotopic (exact) mass is 541 g/mol. The lowest BCUT2D eigenvalue weighted by molar-refractivity contribution is -0.124. The number of aliphatic imine (C=N–C) groups is 1. The number of sulfonamides is 1. The Morgan fingerprint density at radius 1 is 1.11 bits per heavy atom.